The number of halogens is 3. The Balaban J connectivity index is 1.76. The molecule has 1 aromatic carbocycles. The Bertz CT molecular complexity index is 850. The second-order valence-electron chi connectivity index (χ2n) is 5.98. The number of morpholine rings is 1. The normalized spacial score (nSPS) is 20.5. The first-order valence-electron chi connectivity index (χ1n) is 7.84. The minimum absolute atomic E-state index is 0.0972. The molecule has 1 aromatic heterocycles. The largest absolute Gasteiger partial charge is 0.479 e. The second kappa shape index (κ2) is 6.99. The molecular formula is C16H14F3N3O5. The highest BCUT2D eigenvalue weighted by molar-refractivity contribution is 5.95. The maximum Gasteiger partial charge on any atom is 0.471 e. The molecule has 1 amide bonds. The molecule has 1 aliphatic rings. The van der Waals surface area contributed by atoms with Crippen LogP contribution in [0.5, 0.6) is 0 Å². The quantitative estimate of drug-likeness (QED) is 0.862. The standard InChI is InChI=1S/C16H14F3N3O5/c1-8-6-22(7-11(26-8)14(24)25)13(23)10-4-2-9(3-5-10)12-20-15(27-21-12)16(17,18)19/h2-5,8,11H,6-7H2,1H3,(H,24,25)/t8-,11?/m1/s1. The van der Waals surface area contributed by atoms with E-state index in [1.165, 1.54) is 29.2 Å². The fourth-order valence-electron chi connectivity index (χ4n) is 2.65. The summed E-state index contributed by atoms with van der Waals surface area (Å²) in [4.78, 5) is 28.3. The van der Waals surface area contributed by atoms with Crippen molar-refractivity contribution in [3.8, 4) is 11.4 Å². The van der Waals surface area contributed by atoms with Gasteiger partial charge >= 0.3 is 18.0 Å². The number of nitrogens with zero attached hydrogens (tertiary/aromatic N) is 3. The summed E-state index contributed by atoms with van der Waals surface area (Å²) in [7, 11) is 0. The van der Waals surface area contributed by atoms with Crippen LogP contribution in [0.1, 0.15) is 23.2 Å². The van der Waals surface area contributed by atoms with Gasteiger partial charge in [-0.3, -0.25) is 4.79 Å². The number of ether oxygens (including phenoxy) is 1. The van der Waals surface area contributed by atoms with Crippen LogP contribution in [-0.4, -0.2) is 57.3 Å². The number of aliphatic carboxylic acids is 1. The van der Waals surface area contributed by atoms with Crippen molar-refractivity contribution in [1.82, 2.24) is 15.0 Å². The zero-order valence-corrected chi connectivity index (χ0v) is 13.9. The number of alkyl halides is 3. The number of rotatable bonds is 3. The lowest BCUT2D eigenvalue weighted by molar-refractivity contribution is -0.160. The van der Waals surface area contributed by atoms with E-state index in [1.54, 1.807) is 6.92 Å². The highest BCUT2D eigenvalue weighted by atomic mass is 19.4. The van der Waals surface area contributed by atoms with Crippen molar-refractivity contribution in [2.45, 2.75) is 25.3 Å². The van der Waals surface area contributed by atoms with Crippen molar-refractivity contribution in [2.75, 3.05) is 13.1 Å². The number of amides is 1. The van der Waals surface area contributed by atoms with E-state index in [1.807, 2.05) is 0 Å². The van der Waals surface area contributed by atoms with Crippen molar-refractivity contribution >= 4 is 11.9 Å². The first kappa shape index (κ1) is 18.8. The Morgan fingerprint density at radius 2 is 1.89 bits per heavy atom. The van der Waals surface area contributed by atoms with Crippen LogP contribution in [0, 0.1) is 0 Å². The minimum Gasteiger partial charge on any atom is -0.479 e. The van der Waals surface area contributed by atoms with Gasteiger partial charge in [0.25, 0.3) is 5.91 Å². The van der Waals surface area contributed by atoms with E-state index in [-0.39, 0.29) is 30.0 Å². The SMILES string of the molecule is C[C@@H]1CN(C(=O)c2ccc(-c3noc(C(F)(F)F)n3)cc2)CC(C(=O)O)O1. The lowest BCUT2D eigenvalue weighted by atomic mass is 10.1. The monoisotopic (exact) mass is 385 g/mol. The molecule has 2 atom stereocenters. The lowest BCUT2D eigenvalue weighted by Crippen LogP contribution is -2.51. The lowest BCUT2D eigenvalue weighted by Gasteiger charge is -2.35. The second-order valence-corrected chi connectivity index (χ2v) is 5.98. The molecule has 0 spiro atoms. The Labute approximate surface area is 150 Å². The maximum atomic E-state index is 12.6. The zero-order chi connectivity index (χ0) is 19.8. The summed E-state index contributed by atoms with van der Waals surface area (Å²) in [6.07, 6.45) is -6.30. The molecule has 144 valence electrons. The molecule has 1 N–H and O–H groups in total. The van der Waals surface area contributed by atoms with Gasteiger partial charge in [-0.05, 0) is 19.1 Å². The first-order chi connectivity index (χ1) is 12.6. The average molecular weight is 385 g/mol. The number of benzene rings is 1. The number of hydrogen-bond acceptors (Lipinski definition) is 6. The molecule has 1 fully saturated rings. The Morgan fingerprint density at radius 1 is 1.22 bits per heavy atom. The van der Waals surface area contributed by atoms with E-state index in [0.29, 0.717) is 0 Å². The first-order valence-corrected chi connectivity index (χ1v) is 7.84. The summed E-state index contributed by atoms with van der Waals surface area (Å²) in [6, 6.07) is 5.57. The summed E-state index contributed by atoms with van der Waals surface area (Å²) in [5, 5.41) is 12.4. The van der Waals surface area contributed by atoms with Gasteiger partial charge in [0.2, 0.25) is 5.82 Å². The minimum atomic E-state index is -4.74. The number of carbonyl (C=O) groups excluding carboxylic acids is 1. The van der Waals surface area contributed by atoms with Crippen molar-refractivity contribution in [3.05, 3.63) is 35.7 Å². The van der Waals surface area contributed by atoms with E-state index >= 15 is 0 Å². The highest BCUT2D eigenvalue weighted by Crippen LogP contribution is 2.29. The van der Waals surface area contributed by atoms with E-state index in [9.17, 15) is 22.8 Å². The van der Waals surface area contributed by atoms with E-state index in [0.717, 1.165) is 0 Å². The third-order valence-corrected chi connectivity index (χ3v) is 3.88. The Morgan fingerprint density at radius 3 is 2.44 bits per heavy atom. The van der Waals surface area contributed by atoms with E-state index in [2.05, 4.69) is 14.7 Å². The van der Waals surface area contributed by atoms with Gasteiger partial charge in [0, 0.05) is 17.7 Å². The van der Waals surface area contributed by atoms with Gasteiger partial charge in [-0.15, -0.1) is 0 Å². The fourth-order valence-corrected chi connectivity index (χ4v) is 2.65. The molecule has 0 radical (unpaired) electrons. The van der Waals surface area contributed by atoms with Gasteiger partial charge in [-0.1, -0.05) is 17.3 Å². The molecule has 0 bridgehead atoms. The maximum absolute atomic E-state index is 12.6. The average Bonchev–Trinajstić information content (AvgIpc) is 3.11. The third kappa shape index (κ3) is 4.08. The number of carboxylic acid groups (broad SMARTS) is 1. The predicted molar refractivity (Wildman–Crippen MR) is 82.6 cm³/mol. The van der Waals surface area contributed by atoms with Crippen LogP contribution in [0.4, 0.5) is 13.2 Å². The molecule has 8 nitrogen and oxygen atoms in total. The van der Waals surface area contributed by atoms with Gasteiger partial charge in [0.1, 0.15) is 0 Å². The summed E-state index contributed by atoms with van der Waals surface area (Å²) in [6.45, 7) is 1.79. The molecule has 1 aliphatic heterocycles. The molecule has 2 heterocycles. The summed E-state index contributed by atoms with van der Waals surface area (Å²) >= 11 is 0. The molecule has 2 aromatic rings. The molecular weight excluding hydrogens is 371 g/mol. The molecule has 0 aliphatic carbocycles. The smallest absolute Gasteiger partial charge is 0.471 e. The van der Waals surface area contributed by atoms with Gasteiger partial charge in [-0.25, -0.2) is 4.79 Å². The number of hydrogen-bond donors (Lipinski definition) is 1. The summed E-state index contributed by atoms with van der Waals surface area (Å²) in [5.41, 5.74) is 0.487. The van der Waals surface area contributed by atoms with Gasteiger partial charge < -0.3 is 19.3 Å². The number of carbonyl (C=O) groups is 2. The Kier molecular flexibility index (Phi) is 4.87. The molecule has 3 rings (SSSR count). The molecule has 1 unspecified atom stereocenters. The highest BCUT2D eigenvalue weighted by Gasteiger charge is 2.38. The fraction of sp³-hybridized carbons (Fsp3) is 0.375. The van der Waals surface area contributed by atoms with Crippen LogP contribution >= 0.6 is 0 Å². The number of carboxylic acids is 1. The van der Waals surface area contributed by atoms with Crippen LogP contribution in [0.3, 0.4) is 0 Å². The Hall–Kier alpha value is -2.95. The van der Waals surface area contributed by atoms with Gasteiger partial charge in [0.05, 0.1) is 12.6 Å². The van der Waals surface area contributed by atoms with Crippen LogP contribution < -0.4 is 0 Å². The van der Waals surface area contributed by atoms with Crippen molar-refractivity contribution in [2.24, 2.45) is 0 Å². The molecule has 1 saturated heterocycles. The molecule has 0 saturated carbocycles. The van der Waals surface area contributed by atoms with E-state index in [4.69, 9.17) is 9.84 Å². The zero-order valence-electron chi connectivity index (χ0n) is 13.9. The summed E-state index contributed by atoms with van der Waals surface area (Å²) in [5.74, 6) is -3.29. The van der Waals surface area contributed by atoms with Crippen molar-refractivity contribution in [1.29, 1.82) is 0 Å². The van der Waals surface area contributed by atoms with E-state index < -0.39 is 36.2 Å². The van der Waals surface area contributed by atoms with Gasteiger partial charge in [0.15, 0.2) is 6.10 Å². The van der Waals surface area contributed by atoms with Crippen LogP contribution in [0.25, 0.3) is 11.4 Å². The van der Waals surface area contributed by atoms with Gasteiger partial charge in [-0.2, -0.15) is 18.2 Å². The number of aromatic nitrogens is 2. The summed E-state index contributed by atoms with van der Waals surface area (Å²) < 4.78 is 47.0. The van der Waals surface area contributed by atoms with Crippen LogP contribution in [0.2, 0.25) is 0 Å². The third-order valence-electron chi connectivity index (χ3n) is 3.88. The van der Waals surface area contributed by atoms with Crippen molar-refractivity contribution < 1.29 is 37.1 Å². The van der Waals surface area contributed by atoms with Crippen LogP contribution in [-0.2, 0) is 15.7 Å². The predicted octanol–water partition coefficient (Wildman–Crippen LogP) is 2.07. The molecule has 27 heavy (non-hydrogen) atoms. The molecule has 11 heteroatoms. The topological polar surface area (TPSA) is 106 Å². The van der Waals surface area contributed by atoms with Crippen molar-refractivity contribution in [3.63, 3.8) is 0 Å². The van der Waals surface area contributed by atoms with Crippen LogP contribution in [0.15, 0.2) is 28.8 Å².